The molecule has 1 fully saturated rings. The lowest BCUT2D eigenvalue weighted by Crippen LogP contribution is -2.30. The quantitative estimate of drug-likeness (QED) is 0.569. The molecule has 7 heteroatoms. The molecule has 0 radical (unpaired) electrons. The molecule has 0 atom stereocenters. The molecule has 82 valence electrons. The first kappa shape index (κ1) is 10.0. The van der Waals surface area contributed by atoms with Gasteiger partial charge >= 0.3 is 5.82 Å². The number of rotatable bonds is 3. The number of hydrogen-bond acceptors (Lipinski definition) is 5. The maximum atomic E-state index is 10.4. The fourth-order valence-electron chi connectivity index (χ4n) is 1.79. The topological polar surface area (TPSA) is 85.9 Å². The summed E-state index contributed by atoms with van der Waals surface area (Å²) in [6.07, 6.45) is 3.57. The monoisotopic (exact) mass is 211 g/mol. The van der Waals surface area contributed by atoms with Gasteiger partial charge in [0.1, 0.15) is 11.3 Å². The van der Waals surface area contributed by atoms with Gasteiger partial charge in [-0.15, -0.1) is 0 Å². The third-order valence-corrected chi connectivity index (χ3v) is 2.62. The third-order valence-electron chi connectivity index (χ3n) is 2.62. The van der Waals surface area contributed by atoms with Crippen molar-refractivity contribution in [3.8, 4) is 0 Å². The zero-order valence-corrected chi connectivity index (χ0v) is 8.30. The summed E-state index contributed by atoms with van der Waals surface area (Å²) < 4.78 is 1.56. The Kier molecular flexibility index (Phi) is 2.91. The summed E-state index contributed by atoms with van der Waals surface area (Å²) in [5.74, 6) is 0.372. The molecule has 0 unspecified atom stereocenters. The highest BCUT2D eigenvalue weighted by atomic mass is 16.6. The Morgan fingerprint density at radius 2 is 2.33 bits per heavy atom. The largest absolute Gasteiger partial charge is 0.410 e. The molecule has 0 amide bonds. The van der Waals surface area contributed by atoms with Gasteiger partial charge in [-0.2, -0.15) is 0 Å². The van der Waals surface area contributed by atoms with Gasteiger partial charge in [0.15, 0.2) is 0 Å². The molecule has 0 aromatic carbocycles. The molecule has 1 aliphatic rings. The first-order valence-corrected chi connectivity index (χ1v) is 5.01. The Labute approximate surface area is 86.6 Å². The van der Waals surface area contributed by atoms with Crippen LogP contribution in [0.5, 0.6) is 0 Å². The minimum Gasteiger partial charge on any atom is -0.358 e. The first-order chi connectivity index (χ1) is 7.25. The highest BCUT2D eigenvalue weighted by Crippen LogP contribution is 2.14. The average Bonchev–Trinajstić information content (AvgIpc) is 2.68. The molecule has 2 rings (SSSR count). The SMILES string of the molecule is O=[N+]([O-])c1cn(CC2CCNCC2)nn1. The maximum Gasteiger partial charge on any atom is 0.410 e. The van der Waals surface area contributed by atoms with Gasteiger partial charge in [-0.05, 0) is 36.8 Å². The van der Waals surface area contributed by atoms with Gasteiger partial charge < -0.3 is 15.4 Å². The van der Waals surface area contributed by atoms with E-state index in [0.29, 0.717) is 5.92 Å². The summed E-state index contributed by atoms with van der Waals surface area (Å²) in [6, 6.07) is 0. The maximum absolute atomic E-state index is 10.4. The van der Waals surface area contributed by atoms with Crippen LogP contribution in [0.15, 0.2) is 6.20 Å². The van der Waals surface area contributed by atoms with Crippen LogP contribution in [0.2, 0.25) is 0 Å². The van der Waals surface area contributed by atoms with Crippen molar-refractivity contribution >= 4 is 5.82 Å². The number of aromatic nitrogens is 3. The van der Waals surface area contributed by atoms with Crippen molar-refractivity contribution in [2.45, 2.75) is 19.4 Å². The van der Waals surface area contributed by atoms with Crippen molar-refractivity contribution in [1.29, 1.82) is 0 Å². The first-order valence-electron chi connectivity index (χ1n) is 5.01. The smallest absolute Gasteiger partial charge is 0.358 e. The number of nitrogens with one attached hydrogen (secondary N) is 1. The fraction of sp³-hybridized carbons (Fsp3) is 0.750. The number of nitro groups is 1. The highest BCUT2D eigenvalue weighted by Gasteiger charge is 2.17. The Balaban J connectivity index is 1.94. The van der Waals surface area contributed by atoms with Crippen LogP contribution in [0.25, 0.3) is 0 Å². The molecule has 0 spiro atoms. The lowest BCUT2D eigenvalue weighted by Gasteiger charge is -2.21. The molecule has 1 aromatic heterocycles. The van der Waals surface area contributed by atoms with E-state index in [1.54, 1.807) is 4.68 Å². The second-order valence-electron chi connectivity index (χ2n) is 3.75. The van der Waals surface area contributed by atoms with E-state index in [9.17, 15) is 10.1 Å². The van der Waals surface area contributed by atoms with Gasteiger partial charge in [0.2, 0.25) is 0 Å². The second-order valence-corrected chi connectivity index (χ2v) is 3.75. The minimum absolute atomic E-state index is 0.177. The summed E-state index contributed by atoms with van der Waals surface area (Å²) in [6.45, 7) is 2.76. The Morgan fingerprint density at radius 1 is 1.60 bits per heavy atom. The molecule has 2 heterocycles. The van der Waals surface area contributed by atoms with E-state index in [0.717, 1.165) is 32.5 Å². The predicted molar refractivity (Wildman–Crippen MR) is 52.3 cm³/mol. The summed E-state index contributed by atoms with van der Waals surface area (Å²) in [5.41, 5.74) is 0. The molecule has 1 saturated heterocycles. The van der Waals surface area contributed by atoms with Gasteiger partial charge in [0.25, 0.3) is 0 Å². The van der Waals surface area contributed by atoms with Crippen LogP contribution in [0.1, 0.15) is 12.8 Å². The molecular weight excluding hydrogens is 198 g/mol. The normalized spacial score (nSPS) is 17.9. The van der Waals surface area contributed by atoms with Crippen LogP contribution >= 0.6 is 0 Å². The van der Waals surface area contributed by atoms with Gasteiger partial charge in [0.05, 0.1) is 5.21 Å². The third kappa shape index (κ3) is 2.50. The predicted octanol–water partition coefficient (Wildman–Crippen LogP) is 0.186. The summed E-state index contributed by atoms with van der Waals surface area (Å²) >= 11 is 0. The van der Waals surface area contributed by atoms with E-state index in [1.165, 1.54) is 6.20 Å². The molecule has 1 N–H and O–H groups in total. The van der Waals surface area contributed by atoms with E-state index in [4.69, 9.17) is 0 Å². The Hall–Kier alpha value is -1.50. The van der Waals surface area contributed by atoms with Gasteiger partial charge in [-0.25, -0.2) is 4.68 Å². The molecular formula is C8H13N5O2. The highest BCUT2D eigenvalue weighted by molar-refractivity contribution is 5.08. The summed E-state index contributed by atoms with van der Waals surface area (Å²) in [5, 5.41) is 20.9. The summed E-state index contributed by atoms with van der Waals surface area (Å²) in [7, 11) is 0. The zero-order valence-electron chi connectivity index (χ0n) is 8.30. The average molecular weight is 211 g/mol. The standard InChI is InChI=1S/C8H13N5O2/c14-13(15)8-6-12(11-10-8)5-7-1-3-9-4-2-7/h6-7,9H,1-5H2. The Morgan fingerprint density at radius 3 is 2.93 bits per heavy atom. The van der Waals surface area contributed by atoms with Crippen molar-refractivity contribution < 1.29 is 4.92 Å². The van der Waals surface area contributed by atoms with E-state index in [2.05, 4.69) is 15.6 Å². The van der Waals surface area contributed by atoms with E-state index < -0.39 is 4.92 Å². The van der Waals surface area contributed by atoms with Crippen molar-refractivity contribution in [3.05, 3.63) is 16.3 Å². The van der Waals surface area contributed by atoms with E-state index in [1.807, 2.05) is 0 Å². The molecule has 15 heavy (non-hydrogen) atoms. The lowest BCUT2D eigenvalue weighted by molar-refractivity contribution is -0.389. The second kappa shape index (κ2) is 4.35. The van der Waals surface area contributed by atoms with Crippen LogP contribution in [0, 0.1) is 16.0 Å². The van der Waals surface area contributed by atoms with Crippen LogP contribution in [-0.2, 0) is 6.54 Å². The Bertz CT molecular complexity index is 345. The summed E-state index contributed by atoms with van der Waals surface area (Å²) in [4.78, 5) is 9.86. The van der Waals surface area contributed by atoms with Crippen molar-refractivity contribution in [3.63, 3.8) is 0 Å². The van der Waals surface area contributed by atoms with E-state index in [-0.39, 0.29) is 5.82 Å². The van der Waals surface area contributed by atoms with Gasteiger partial charge in [0, 0.05) is 6.54 Å². The van der Waals surface area contributed by atoms with Crippen LogP contribution in [0.3, 0.4) is 0 Å². The molecule has 0 bridgehead atoms. The molecule has 1 aliphatic heterocycles. The molecule has 0 saturated carbocycles. The molecule has 0 aliphatic carbocycles. The van der Waals surface area contributed by atoms with Crippen LogP contribution in [-0.4, -0.2) is 33.0 Å². The number of piperidine rings is 1. The fourth-order valence-corrected chi connectivity index (χ4v) is 1.79. The number of hydrogen-bond donors (Lipinski definition) is 1. The van der Waals surface area contributed by atoms with Gasteiger partial charge in [-0.3, -0.25) is 0 Å². The molecule has 7 nitrogen and oxygen atoms in total. The van der Waals surface area contributed by atoms with E-state index >= 15 is 0 Å². The number of nitrogens with zero attached hydrogens (tertiary/aromatic N) is 4. The zero-order chi connectivity index (χ0) is 10.7. The van der Waals surface area contributed by atoms with Crippen molar-refractivity contribution in [2.75, 3.05) is 13.1 Å². The van der Waals surface area contributed by atoms with Crippen molar-refractivity contribution in [2.24, 2.45) is 5.92 Å². The van der Waals surface area contributed by atoms with Gasteiger partial charge in [-0.1, -0.05) is 0 Å². The van der Waals surface area contributed by atoms with Crippen molar-refractivity contribution in [1.82, 2.24) is 20.3 Å². The van der Waals surface area contributed by atoms with Crippen LogP contribution < -0.4 is 5.32 Å². The van der Waals surface area contributed by atoms with Crippen LogP contribution in [0.4, 0.5) is 5.82 Å². The minimum atomic E-state index is -0.522. The lowest BCUT2D eigenvalue weighted by atomic mass is 9.98. The molecule has 1 aromatic rings.